The zero-order valence-corrected chi connectivity index (χ0v) is 11.5. The van der Waals surface area contributed by atoms with Crippen molar-refractivity contribution in [2.75, 3.05) is 11.1 Å². The maximum atomic E-state index is 13.9. The second-order valence-corrected chi connectivity index (χ2v) is 5.65. The molecule has 1 heterocycles. The van der Waals surface area contributed by atoms with Crippen molar-refractivity contribution in [1.82, 2.24) is 0 Å². The molecule has 0 aliphatic carbocycles. The van der Waals surface area contributed by atoms with E-state index in [1.165, 1.54) is 0 Å². The fourth-order valence-corrected chi connectivity index (χ4v) is 3.46. The number of nitro benzene ring substituents is 1. The predicted molar refractivity (Wildman–Crippen MR) is 76.5 cm³/mol. The summed E-state index contributed by atoms with van der Waals surface area (Å²) < 4.78 is 27.0. The molecule has 2 aromatic carbocycles. The first-order valence-electron chi connectivity index (χ1n) is 6.18. The molecule has 21 heavy (non-hydrogen) atoms. The summed E-state index contributed by atoms with van der Waals surface area (Å²) in [5.74, 6) is -1.30. The molecule has 0 radical (unpaired) electrons. The third kappa shape index (κ3) is 2.56. The van der Waals surface area contributed by atoms with E-state index >= 15 is 0 Å². The number of hydrogen-bond acceptors (Lipinski definition) is 4. The van der Waals surface area contributed by atoms with Gasteiger partial charge in [-0.25, -0.2) is 8.78 Å². The Morgan fingerprint density at radius 1 is 1.29 bits per heavy atom. The molecule has 4 nitrogen and oxygen atoms in total. The third-order valence-electron chi connectivity index (χ3n) is 3.25. The van der Waals surface area contributed by atoms with Gasteiger partial charge in [0.15, 0.2) is 5.82 Å². The first-order valence-corrected chi connectivity index (χ1v) is 7.16. The van der Waals surface area contributed by atoms with E-state index in [4.69, 9.17) is 0 Å². The van der Waals surface area contributed by atoms with E-state index in [9.17, 15) is 18.9 Å². The molecule has 0 bridgehead atoms. The van der Waals surface area contributed by atoms with Gasteiger partial charge in [0.2, 0.25) is 0 Å². The van der Waals surface area contributed by atoms with Crippen molar-refractivity contribution in [1.29, 1.82) is 0 Å². The highest BCUT2D eigenvalue weighted by atomic mass is 32.2. The summed E-state index contributed by atoms with van der Waals surface area (Å²) in [5, 5.41) is 13.8. The van der Waals surface area contributed by atoms with Crippen molar-refractivity contribution in [2.45, 2.75) is 10.9 Å². The molecule has 0 saturated carbocycles. The van der Waals surface area contributed by atoms with Crippen LogP contribution in [0.2, 0.25) is 0 Å². The van der Waals surface area contributed by atoms with E-state index in [2.05, 4.69) is 5.32 Å². The van der Waals surface area contributed by atoms with Crippen LogP contribution in [0.1, 0.15) is 11.6 Å². The topological polar surface area (TPSA) is 55.2 Å². The van der Waals surface area contributed by atoms with E-state index in [-0.39, 0.29) is 11.7 Å². The molecule has 0 amide bonds. The van der Waals surface area contributed by atoms with Crippen LogP contribution in [0.3, 0.4) is 0 Å². The van der Waals surface area contributed by atoms with Gasteiger partial charge in [-0.15, -0.1) is 11.8 Å². The largest absolute Gasteiger partial charge is 0.369 e. The second-order valence-electron chi connectivity index (χ2n) is 4.58. The maximum absolute atomic E-state index is 13.9. The highest BCUT2D eigenvalue weighted by molar-refractivity contribution is 7.99. The fraction of sp³-hybridized carbons (Fsp3) is 0.143. The van der Waals surface area contributed by atoms with Crippen LogP contribution < -0.4 is 5.32 Å². The Balaban J connectivity index is 1.98. The summed E-state index contributed by atoms with van der Waals surface area (Å²) in [7, 11) is 0. The highest BCUT2D eigenvalue weighted by Gasteiger charge is 2.27. The molecule has 1 unspecified atom stereocenters. The van der Waals surface area contributed by atoms with E-state index in [0.29, 0.717) is 11.8 Å². The number of benzene rings is 2. The predicted octanol–water partition coefficient (Wildman–Crippen LogP) is 4.13. The Morgan fingerprint density at radius 2 is 2.05 bits per heavy atom. The summed E-state index contributed by atoms with van der Waals surface area (Å²) in [4.78, 5) is 11.2. The number of fused-ring (bicyclic) bond motifs is 1. The van der Waals surface area contributed by atoms with Gasteiger partial charge in [-0.05, 0) is 11.6 Å². The summed E-state index contributed by atoms with van der Waals surface area (Å²) >= 11 is 1.59. The maximum Gasteiger partial charge on any atom is 0.298 e. The van der Waals surface area contributed by atoms with Gasteiger partial charge in [-0.2, -0.15) is 0 Å². The number of nitro groups is 1. The Morgan fingerprint density at radius 3 is 2.81 bits per heavy atom. The van der Waals surface area contributed by atoms with Crippen molar-refractivity contribution < 1.29 is 13.7 Å². The molecule has 0 fully saturated rings. The number of halogens is 2. The fourth-order valence-electron chi connectivity index (χ4n) is 2.30. The second kappa shape index (κ2) is 5.33. The van der Waals surface area contributed by atoms with Gasteiger partial charge >= 0.3 is 0 Å². The summed E-state index contributed by atoms with van der Waals surface area (Å²) in [6.07, 6.45) is 0. The van der Waals surface area contributed by atoms with Gasteiger partial charge in [-0.1, -0.05) is 18.2 Å². The van der Waals surface area contributed by atoms with Crippen molar-refractivity contribution >= 4 is 23.1 Å². The molecule has 1 N–H and O–H groups in total. The lowest BCUT2D eigenvalue weighted by Crippen LogP contribution is -2.12. The van der Waals surface area contributed by atoms with Crippen LogP contribution >= 0.6 is 11.8 Å². The zero-order valence-electron chi connectivity index (χ0n) is 10.7. The smallest absolute Gasteiger partial charge is 0.298 e. The van der Waals surface area contributed by atoms with Gasteiger partial charge in [0, 0.05) is 16.7 Å². The summed E-state index contributed by atoms with van der Waals surface area (Å²) in [6.45, 7) is 0. The van der Waals surface area contributed by atoms with Crippen molar-refractivity contribution in [3.05, 3.63) is 63.7 Å². The SMILES string of the molecule is O=[N+]([O-])c1cc(F)cc(F)c1NC1CSc2ccccc21. The molecule has 7 heteroatoms. The summed E-state index contributed by atoms with van der Waals surface area (Å²) in [5.41, 5.74) is 0.0890. The molecule has 108 valence electrons. The average molecular weight is 308 g/mol. The normalized spacial score (nSPS) is 16.6. The number of nitrogens with one attached hydrogen (secondary N) is 1. The Kier molecular flexibility index (Phi) is 3.50. The standard InChI is InChI=1S/C14H10F2N2O2S/c15-8-5-10(16)14(12(6-8)18(19)20)17-11-7-21-13-4-2-1-3-9(11)13/h1-6,11,17H,7H2. The molecule has 1 aliphatic heterocycles. The lowest BCUT2D eigenvalue weighted by molar-refractivity contribution is -0.384. The molecular weight excluding hydrogens is 298 g/mol. The number of nitrogens with zero attached hydrogens (tertiary/aromatic N) is 1. The number of thioether (sulfide) groups is 1. The molecule has 3 rings (SSSR count). The van der Waals surface area contributed by atoms with Crippen LogP contribution in [0, 0.1) is 21.7 Å². The minimum atomic E-state index is -0.967. The number of hydrogen-bond donors (Lipinski definition) is 1. The summed E-state index contributed by atoms with van der Waals surface area (Å²) in [6, 6.07) is 8.70. The first kappa shape index (κ1) is 13.8. The Hall–Kier alpha value is -2.15. The van der Waals surface area contributed by atoms with Gasteiger partial charge < -0.3 is 5.32 Å². The van der Waals surface area contributed by atoms with Crippen LogP contribution in [0.4, 0.5) is 20.2 Å². The van der Waals surface area contributed by atoms with Crippen molar-refractivity contribution in [2.24, 2.45) is 0 Å². The molecule has 0 aromatic heterocycles. The van der Waals surface area contributed by atoms with Crippen LogP contribution in [-0.4, -0.2) is 10.7 Å². The van der Waals surface area contributed by atoms with E-state index in [0.717, 1.165) is 16.5 Å². The molecule has 2 aromatic rings. The zero-order chi connectivity index (χ0) is 15.0. The quantitative estimate of drug-likeness (QED) is 0.684. The Labute approximate surface area is 123 Å². The van der Waals surface area contributed by atoms with Crippen LogP contribution in [0.15, 0.2) is 41.3 Å². The molecular formula is C14H10F2N2O2S. The van der Waals surface area contributed by atoms with Gasteiger partial charge in [0.1, 0.15) is 11.5 Å². The number of rotatable bonds is 3. The lowest BCUT2D eigenvalue weighted by atomic mass is 10.1. The average Bonchev–Trinajstić information content (AvgIpc) is 2.84. The van der Waals surface area contributed by atoms with E-state index < -0.39 is 22.2 Å². The van der Waals surface area contributed by atoms with Crippen LogP contribution in [0.25, 0.3) is 0 Å². The minimum Gasteiger partial charge on any atom is -0.369 e. The molecule has 0 saturated heterocycles. The van der Waals surface area contributed by atoms with E-state index in [1.54, 1.807) is 11.8 Å². The monoisotopic (exact) mass is 308 g/mol. The molecule has 1 atom stereocenters. The molecule has 0 spiro atoms. The number of anilines is 1. The van der Waals surface area contributed by atoms with Gasteiger partial charge in [0.05, 0.1) is 17.0 Å². The van der Waals surface area contributed by atoms with Gasteiger partial charge in [-0.3, -0.25) is 10.1 Å². The third-order valence-corrected chi connectivity index (χ3v) is 4.43. The molecule has 1 aliphatic rings. The van der Waals surface area contributed by atoms with Crippen LogP contribution in [0.5, 0.6) is 0 Å². The minimum absolute atomic E-state index is 0.245. The van der Waals surface area contributed by atoms with Crippen molar-refractivity contribution in [3.63, 3.8) is 0 Å². The highest BCUT2D eigenvalue weighted by Crippen LogP contribution is 2.41. The lowest BCUT2D eigenvalue weighted by Gasteiger charge is -2.15. The Bertz CT molecular complexity index is 724. The van der Waals surface area contributed by atoms with Gasteiger partial charge in [0.25, 0.3) is 5.69 Å². The van der Waals surface area contributed by atoms with Crippen LogP contribution in [-0.2, 0) is 0 Å². The van der Waals surface area contributed by atoms with E-state index in [1.807, 2.05) is 24.3 Å². The first-order chi connectivity index (χ1) is 10.1. The van der Waals surface area contributed by atoms with Crippen molar-refractivity contribution in [3.8, 4) is 0 Å².